The number of aliphatic hydroxyl groups excluding tert-OH is 2. The first kappa shape index (κ1) is 13.5. The summed E-state index contributed by atoms with van der Waals surface area (Å²) in [6.45, 7) is 1.36. The molecule has 1 rings (SSSR count). The molecule has 5 nitrogen and oxygen atoms in total. The van der Waals surface area contributed by atoms with Gasteiger partial charge in [0.25, 0.3) is 0 Å². The molecule has 0 aliphatic carbocycles. The van der Waals surface area contributed by atoms with E-state index in [0.717, 1.165) is 5.56 Å². The average molecular weight is 239 g/mol. The van der Waals surface area contributed by atoms with Gasteiger partial charge in [0.05, 0.1) is 18.8 Å². The van der Waals surface area contributed by atoms with Gasteiger partial charge in [0.1, 0.15) is 6.61 Å². The Bertz CT molecular complexity index is 342. The van der Waals surface area contributed by atoms with Crippen LogP contribution in [0.1, 0.15) is 12.5 Å². The molecule has 0 aliphatic rings. The van der Waals surface area contributed by atoms with Crippen molar-refractivity contribution >= 4 is 6.09 Å². The Hall–Kier alpha value is -1.59. The van der Waals surface area contributed by atoms with E-state index in [4.69, 9.17) is 9.84 Å². The van der Waals surface area contributed by atoms with Crippen molar-refractivity contribution in [2.45, 2.75) is 25.7 Å². The maximum atomic E-state index is 11.3. The molecule has 0 radical (unpaired) electrons. The largest absolute Gasteiger partial charge is 0.445 e. The third-order valence-corrected chi connectivity index (χ3v) is 2.32. The molecular formula is C12H17NO4. The molecule has 5 heteroatoms. The van der Waals surface area contributed by atoms with E-state index in [2.05, 4.69) is 5.32 Å². The molecule has 1 aromatic rings. The number of alkyl carbamates (subject to hydrolysis) is 1. The molecule has 0 aliphatic heterocycles. The zero-order chi connectivity index (χ0) is 12.7. The van der Waals surface area contributed by atoms with E-state index in [1.807, 2.05) is 30.3 Å². The topological polar surface area (TPSA) is 78.8 Å². The van der Waals surface area contributed by atoms with Crippen LogP contribution in [0.4, 0.5) is 4.79 Å². The van der Waals surface area contributed by atoms with Crippen LogP contribution in [0, 0.1) is 0 Å². The average Bonchev–Trinajstić information content (AvgIpc) is 2.36. The van der Waals surface area contributed by atoms with Crippen molar-refractivity contribution in [3.63, 3.8) is 0 Å². The minimum absolute atomic E-state index is 0.175. The number of carbonyl (C=O) groups is 1. The van der Waals surface area contributed by atoms with Gasteiger partial charge in [0, 0.05) is 0 Å². The van der Waals surface area contributed by atoms with E-state index in [9.17, 15) is 9.90 Å². The number of hydrogen-bond donors (Lipinski definition) is 3. The second-order valence-corrected chi connectivity index (χ2v) is 3.74. The van der Waals surface area contributed by atoms with Crippen molar-refractivity contribution < 1.29 is 19.7 Å². The van der Waals surface area contributed by atoms with Gasteiger partial charge >= 0.3 is 6.09 Å². The van der Waals surface area contributed by atoms with Crippen molar-refractivity contribution in [3.8, 4) is 0 Å². The maximum absolute atomic E-state index is 11.3. The molecule has 0 bridgehead atoms. The fourth-order valence-corrected chi connectivity index (χ4v) is 1.20. The molecule has 0 saturated carbocycles. The SMILES string of the molecule is CC(NC(=O)OCc1ccccc1)C(O)CO. The Morgan fingerprint density at radius 3 is 2.65 bits per heavy atom. The molecule has 94 valence electrons. The van der Waals surface area contributed by atoms with Gasteiger partial charge < -0.3 is 20.3 Å². The lowest BCUT2D eigenvalue weighted by Gasteiger charge is -2.17. The number of rotatable bonds is 5. The number of carbonyl (C=O) groups excluding carboxylic acids is 1. The van der Waals surface area contributed by atoms with Crippen molar-refractivity contribution in [2.75, 3.05) is 6.61 Å². The van der Waals surface area contributed by atoms with E-state index < -0.39 is 24.8 Å². The number of aliphatic hydroxyl groups is 2. The monoisotopic (exact) mass is 239 g/mol. The molecule has 0 fully saturated rings. The highest BCUT2D eigenvalue weighted by atomic mass is 16.5. The fraction of sp³-hybridized carbons (Fsp3) is 0.417. The first-order valence-electron chi connectivity index (χ1n) is 5.39. The zero-order valence-corrected chi connectivity index (χ0v) is 9.67. The van der Waals surface area contributed by atoms with Gasteiger partial charge in [-0.3, -0.25) is 0 Å². The Kier molecular flexibility index (Phi) is 5.45. The second kappa shape index (κ2) is 6.88. The molecule has 0 heterocycles. The third kappa shape index (κ3) is 4.84. The number of benzene rings is 1. The molecular weight excluding hydrogens is 222 g/mol. The van der Waals surface area contributed by atoms with Gasteiger partial charge in [-0.05, 0) is 12.5 Å². The van der Waals surface area contributed by atoms with Gasteiger partial charge in [0.15, 0.2) is 0 Å². The van der Waals surface area contributed by atoms with Gasteiger partial charge in [-0.15, -0.1) is 0 Å². The van der Waals surface area contributed by atoms with Gasteiger partial charge in [-0.2, -0.15) is 0 Å². The quantitative estimate of drug-likeness (QED) is 0.705. The summed E-state index contributed by atoms with van der Waals surface area (Å²) in [6.07, 6.45) is -1.60. The Balaban J connectivity index is 2.31. The van der Waals surface area contributed by atoms with Crippen LogP contribution in [0.5, 0.6) is 0 Å². The van der Waals surface area contributed by atoms with Gasteiger partial charge in [-0.1, -0.05) is 30.3 Å². The summed E-state index contributed by atoms with van der Waals surface area (Å²) >= 11 is 0. The maximum Gasteiger partial charge on any atom is 0.407 e. The summed E-state index contributed by atoms with van der Waals surface area (Å²) in [7, 11) is 0. The van der Waals surface area contributed by atoms with Gasteiger partial charge in [0.2, 0.25) is 0 Å². The Morgan fingerprint density at radius 2 is 2.06 bits per heavy atom. The van der Waals surface area contributed by atoms with Crippen molar-refractivity contribution in [1.29, 1.82) is 0 Å². The Morgan fingerprint density at radius 1 is 1.41 bits per heavy atom. The van der Waals surface area contributed by atoms with Crippen molar-refractivity contribution in [1.82, 2.24) is 5.32 Å². The molecule has 0 spiro atoms. The van der Waals surface area contributed by atoms with Crippen LogP contribution in [0.25, 0.3) is 0 Å². The summed E-state index contributed by atoms with van der Waals surface area (Å²) in [6, 6.07) is 8.73. The lowest BCUT2D eigenvalue weighted by atomic mass is 10.2. The van der Waals surface area contributed by atoms with Crippen molar-refractivity contribution in [2.24, 2.45) is 0 Å². The van der Waals surface area contributed by atoms with E-state index in [0.29, 0.717) is 0 Å². The second-order valence-electron chi connectivity index (χ2n) is 3.74. The highest BCUT2D eigenvalue weighted by Gasteiger charge is 2.15. The van der Waals surface area contributed by atoms with Gasteiger partial charge in [-0.25, -0.2) is 4.79 Å². The smallest absolute Gasteiger partial charge is 0.407 e. The summed E-state index contributed by atoms with van der Waals surface area (Å²) in [5, 5.41) is 20.4. The normalized spacial score (nSPS) is 13.8. The summed E-state index contributed by atoms with van der Waals surface area (Å²) in [4.78, 5) is 11.3. The predicted octanol–water partition coefficient (Wildman–Crippen LogP) is 0.655. The zero-order valence-electron chi connectivity index (χ0n) is 9.67. The third-order valence-electron chi connectivity index (χ3n) is 2.32. The van der Waals surface area contributed by atoms with E-state index in [-0.39, 0.29) is 6.61 Å². The first-order chi connectivity index (χ1) is 8.13. The summed E-state index contributed by atoms with van der Waals surface area (Å²) in [5.41, 5.74) is 0.887. The lowest BCUT2D eigenvalue weighted by Crippen LogP contribution is -2.42. The molecule has 0 aromatic heterocycles. The fourth-order valence-electron chi connectivity index (χ4n) is 1.20. The summed E-state index contributed by atoms with van der Waals surface area (Å²) < 4.78 is 4.95. The Labute approximate surface area is 100 Å². The first-order valence-corrected chi connectivity index (χ1v) is 5.39. The highest BCUT2D eigenvalue weighted by molar-refractivity contribution is 5.67. The molecule has 17 heavy (non-hydrogen) atoms. The van der Waals surface area contributed by atoms with Crippen molar-refractivity contribution in [3.05, 3.63) is 35.9 Å². The lowest BCUT2D eigenvalue weighted by molar-refractivity contribution is 0.0625. The number of amides is 1. The molecule has 3 N–H and O–H groups in total. The minimum atomic E-state index is -0.987. The van der Waals surface area contributed by atoms with Crippen LogP contribution in [-0.2, 0) is 11.3 Å². The van der Waals surface area contributed by atoms with Crippen LogP contribution in [0.3, 0.4) is 0 Å². The van der Waals surface area contributed by atoms with Crippen LogP contribution in [-0.4, -0.2) is 35.1 Å². The highest BCUT2D eigenvalue weighted by Crippen LogP contribution is 2.01. The van der Waals surface area contributed by atoms with Crippen LogP contribution < -0.4 is 5.32 Å². The van der Waals surface area contributed by atoms with E-state index in [1.54, 1.807) is 6.92 Å². The molecule has 1 aromatic carbocycles. The molecule has 1 amide bonds. The van der Waals surface area contributed by atoms with Crippen LogP contribution >= 0.6 is 0 Å². The number of ether oxygens (including phenoxy) is 1. The molecule has 2 atom stereocenters. The molecule has 2 unspecified atom stereocenters. The minimum Gasteiger partial charge on any atom is -0.445 e. The number of nitrogens with one attached hydrogen (secondary N) is 1. The van der Waals surface area contributed by atoms with E-state index in [1.165, 1.54) is 0 Å². The molecule has 0 saturated heterocycles. The van der Waals surface area contributed by atoms with E-state index >= 15 is 0 Å². The van der Waals surface area contributed by atoms with Crippen LogP contribution in [0.2, 0.25) is 0 Å². The van der Waals surface area contributed by atoms with Crippen LogP contribution in [0.15, 0.2) is 30.3 Å². The standard InChI is InChI=1S/C12H17NO4/c1-9(11(15)7-14)13-12(16)17-8-10-5-3-2-4-6-10/h2-6,9,11,14-15H,7-8H2,1H3,(H,13,16). The predicted molar refractivity (Wildman–Crippen MR) is 62.3 cm³/mol. The number of hydrogen-bond acceptors (Lipinski definition) is 4. The summed E-state index contributed by atoms with van der Waals surface area (Å²) in [5.74, 6) is 0.